The van der Waals surface area contributed by atoms with E-state index in [2.05, 4.69) is 30.7 Å². The van der Waals surface area contributed by atoms with Crippen molar-refractivity contribution in [2.75, 3.05) is 13.1 Å². The van der Waals surface area contributed by atoms with Crippen LogP contribution in [-0.2, 0) is 11.8 Å². The summed E-state index contributed by atoms with van der Waals surface area (Å²) >= 11 is 0. The number of halogens is 1. The molecular weight excluding hydrogens is 291 g/mol. The molecular formula is C19H25FN2O. The van der Waals surface area contributed by atoms with Crippen molar-refractivity contribution < 1.29 is 8.81 Å². The van der Waals surface area contributed by atoms with E-state index in [0.29, 0.717) is 18.0 Å². The number of nitrogens with zero attached hydrogens (tertiary/aromatic N) is 2. The number of benzene rings is 1. The summed E-state index contributed by atoms with van der Waals surface area (Å²) in [6, 6.07) is 7.35. The number of oxazole rings is 1. The maximum atomic E-state index is 13.8. The van der Waals surface area contributed by atoms with Crippen LogP contribution >= 0.6 is 0 Å². The van der Waals surface area contributed by atoms with Crippen LogP contribution in [0.1, 0.15) is 50.8 Å². The first-order chi connectivity index (χ1) is 11.0. The molecule has 0 bridgehead atoms. The normalized spacial score (nSPS) is 22.7. The van der Waals surface area contributed by atoms with Crippen LogP contribution in [0.15, 0.2) is 34.9 Å². The minimum Gasteiger partial charge on any atom is -0.445 e. The first-order valence-corrected chi connectivity index (χ1v) is 8.40. The first kappa shape index (κ1) is 16.2. The van der Waals surface area contributed by atoms with Gasteiger partial charge in [0.2, 0.25) is 5.89 Å². The average molecular weight is 316 g/mol. The lowest BCUT2D eigenvalue weighted by atomic mass is 9.81. The molecule has 1 unspecified atom stereocenters. The minimum atomic E-state index is -0.194. The molecule has 0 spiro atoms. The van der Waals surface area contributed by atoms with Crippen molar-refractivity contribution in [3.8, 4) is 0 Å². The lowest BCUT2D eigenvalue weighted by molar-refractivity contribution is 0.108. The predicted octanol–water partition coefficient (Wildman–Crippen LogP) is 4.17. The predicted molar refractivity (Wildman–Crippen MR) is 89.0 cm³/mol. The smallest absolute Gasteiger partial charge is 0.201 e. The Morgan fingerprint density at radius 2 is 2.13 bits per heavy atom. The summed E-state index contributed by atoms with van der Waals surface area (Å²) in [5, 5.41) is 0. The van der Waals surface area contributed by atoms with Gasteiger partial charge in [-0.1, -0.05) is 18.2 Å². The van der Waals surface area contributed by atoms with Crippen molar-refractivity contribution >= 4 is 0 Å². The second-order valence-corrected chi connectivity index (χ2v) is 7.13. The Labute approximate surface area is 137 Å². The largest absolute Gasteiger partial charge is 0.445 e. The van der Waals surface area contributed by atoms with Gasteiger partial charge in [-0.15, -0.1) is 0 Å². The second-order valence-electron chi connectivity index (χ2n) is 7.13. The van der Waals surface area contributed by atoms with Gasteiger partial charge in [-0.3, -0.25) is 4.90 Å². The van der Waals surface area contributed by atoms with Crippen molar-refractivity contribution in [2.24, 2.45) is 0 Å². The standard InChI is InChI=1S/C19H25FN2O/c1-14(2)22-10-6-9-19(3,13-22)18-21-12-16(23-18)11-15-7-4-5-8-17(15)20/h4-5,7-8,12,14H,6,9-11,13H2,1-3H3. The molecule has 124 valence electrons. The van der Waals surface area contributed by atoms with E-state index in [9.17, 15) is 4.39 Å². The molecule has 0 amide bonds. The third-order valence-electron chi connectivity index (χ3n) is 4.85. The highest BCUT2D eigenvalue weighted by Gasteiger charge is 2.37. The van der Waals surface area contributed by atoms with Crippen LogP contribution in [-0.4, -0.2) is 29.0 Å². The molecule has 1 saturated heterocycles. The zero-order valence-corrected chi connectivity index (χ0v) is 14.2. The topological polar surface area (TPSA) is 29.3 Å². The molecule has 23 heavy (non-hydrogen) atoms. The highest BCUT2D eigenvalue weighted by Crippen LogP contribution is 2.34. The number of piperidine rings is 1. The van der Waals surface area contributed by atoms with E-state index in [0.717, 1.165) is 37.6 Å². The van der Waals surface area contributed by atoms with Crippen molar-refractivity contribution in [3.05, 3.63) is 53.5 Å². The van der Waals surface area contributed by atoms with E-state index < -0.39 is 0 Å². The van der Waals surface area contributed by atoms with E-state index in [1.54, 1.807) is 18.3 Å². The fourth-order valence-corrected chi connectivity index (χ4v) is 3.39. The van der Waals surface area contributed by atoms with Gasteiger partial charge in [0, 0.05) is 19.0 Å². The van der Waals surface area contributed by atoms with Crippen molar-refractivity contribution in [2.45, 2.75) is 51.5 Å². The molecule has 0 N–H and O–H groups in total. The molecule has 1 aliphatic rings. The van der Waals surface area contributed by atoms with Crippen molar-refractivity contribution in [1.82, 2.24) is 9.88 Å². The van der Waals surface area contributed by atoms with Crippen LogP contribution in [0.2, 0.25) is 0 Å². The number of hydrogen-bond donors (Lipinski definition) is 0. The minimum absolute atomic E-state index is 0.0595. The fourth-order valence-electron chi connectivity index (χ4n) is 3.39. The van der Waals surface area contributed by atoms with Gasteiger partial charge in [-0.2, -0.15) is 0 Å². The van der Waals surface area contributed by atoms with Crippen LogP contribution in [0.4, 0.5) is 4.39 Å². The SMILES string of the molecule is CC(C)N1CCCC(C)(c2ncc(Cc3ccccc3F)o2)C1. The van der Waals surface area contributed by atoms with Gasteiger partial charge in [0.1, 0.15) is 11.6 Å². The number of likely N-dealkylation sites (tertiary alicyclic amines) is 1. The lowest BCUT2D eigenvalue weighted by Crippen LogP contribution is -2.47. The molecule has 1 aromatic heterocycles. The van der Waals surface area contributed by atoms with Gasteiger partial charge in [-0.05, 0) is 51.8 Å². The van der Waals surface area contributed by atoms with Crippen LogP contribution in [0.3, 0.4) is 0 Å². The molecule has 0 saturated carbocycles. The number of aromatic nitrogens is 1. The molecule has 4 heteroatoms. The van der Waals surface area contributed by atoms with E-state index in [1.807, 2.05) is 6.07 Å². The molecule has 2 heterocycles. The van der Waals surface area contributed by atoms with Gasteiger partial charge < -0.3 is 4.42 Å². The molecule has 1 atom stereocenters. The zero-order valence-electron chi connectivity index (χ0n) is 14.2. The van der Waals surface area contributed by atoms with E-state index in [-0.39, 0.29) is 11.2 Å². The summed E-state index contributed by atoms with van der Waals surface area (Å²) < 4.78 is 19.8. The Morgan fingerprint density at radius 3 is 2.87 bits per heavy atom. The molecule has 0 radical (unpaired) electrons. The van der Waals surface area contributed by atoms with Gasteiger partial charge in [0.05, 0.1) is 11.6 Å². The Bertz CT molecular complexity index is 667. The van der Waals surface area contributed by atoms with Gasteiger partial charge in [0.25, 0.3) is 0 Å². The maximum Gasteiger partial charge on any atom is 0.201 e. The van der Waals surface area contributed by atoms with Gasteiger partial charge >= 0.3 is 0 Å². The highest BCUT2D eigenvalue weighted by atomic mass is 19.1. The second kappa shape index (κ2) is 6.44. The van der Waals surface area contributed by atoms with Crippen LogP contribution < -0.4 is 0 Å². The molecule has 3 nitrogen and oxygen atoms in total. The molecule has 3 rings (SSSR count). The summed E-state index contributed by atoms with van der Waals surface area (Å²) in [5.41, 5.74) is 0.587. The zero-order chi connectivity index (χ0) is 16.4. The molecule has 1 fully saturated rings. The van der Waals surface area contributed by atoms with Crippen LogP contribution in [0.5, 0.6) is 0 Å². The number of rotatable bonds is 4. The van der Waals surface area contributed by atoms with E-state index >= 15 is 0 Å². The van der Waals surface area contributed by atoms with Gasteiger partial charge in [0.15, 0.2) is 0 Å². The maximum absolute atomic E-state index is 13.8. The van der Waals surface area contributed by atoms with E-state index in [1.165, 1.54) is 6.07 Å². The summed E-state index contributed by atoms with van der Waals surface area (Å²) in [7, 11) is 0. The molecule has 1 aromatic carbocycles. The van der Waals surface area contributed by atoms with Gasteiger partial charge in [-0.25, -0.2) is 9.37 Å². The van der Waals surface area contributed by atoms with Crippen LogP contribution in [0, 0.1) is 5.82 Å². The summed E-state index contributed by atoms with van der Waals surface area (Å²) in [6.07, 6.45) is 4.43. The Morgan fingerprint density at radius 1 is 1.35 bits per heavy atom. The monoisotopic (exact) mass is 316 g/mol. The molecule has 1 aliphatic heterocycles. The molecule has 2 aromatic rings. The highest BCUT2D eigenvalue weighted by molar-refractivity contribution is 5.22. The Balaban J connectivity index is 1.77. The quantitative estimate of drug-likeness (QED) is 0.848. The fraction of sp³-hybridized carbons (Fsp3) is 0.526. The van der Waals surface area contributed by atoms with Crippen molar-refractivity contribution in [1.29, 1.82) is 0 Å². The van der Waals surface area contributed by atoms with Crippen LogP contribution in [0.25, 0.3) is 0 Å². The summed E-state index contributed by atoms with van der Waals surface area (Å²) in [6.45, 7) is 8.77. The third kappa shape index (κ3) is 3.47. The molecule has 0 aliphatic carbocycles. The summed E-state index contributed by atoms with van der Waals surface area (Å²) in [5.74, 6) is 1.32. The number of hydrogen-bond acceptors (Lipinski definition) is 3. The lowest BCUT2D eigenvalue weighted by Gasteiger charge is -2.40. The van der Waals surface area contributed by atoms with Crippen molar-refractivity contribution in [3.63, 3.8) is 0 Å². The Hall–Kier alpha value is -1.68. The Kier molecular flexibility index (Phi) is 4.53. The first-order valence-electron chi connectivity index (χ1n) is 8.40. The summed E-state index contributed by atoms with van der Waals surface area (Å²) in [4.78, 5) is 6.99. The van der Waals surface area contributed by atoms with E-state index in [4.69, 9.17) is 4.42 Å². The third-order valence-corrected chi connectivity index (χ3v) is 4.85. The average Bonchev–Trinajstić information content (AvgIpc) is 2.99.